The molecule has 0 aromatic rings. The normalized spacial score (nSPS) is 26.6. The zero-order valence-corrected chi connectivity index (χ0v) is 9.82. The van der Waals surface area contributed by atoms with Crippen LogP contribution in [0, 0.1) is 0 Å². The fourth-order valence-electron chi connectivity index (χ4n) is 1.92. The van der Waals surface area contributed by atoms with Gasteiger partial charge in [-0.1, -0.05) is 6.08 Å². The van der Waals surface area contributed by atoms with Crippen LogP contribution < -0.4 is 11.2 Å². The number of hydrogen-bond acceptors (Lipinski definition) is 4. The number of carbonyl (C=O) groups is 1. The van der Waals surface area contributed by atoms with Crippen LogP contribution in [-0.4, -0.2) is 42.6 Å². The molecule has 0 spiro atoms. The number of rotatable bonds is 6. The maximum absolute atomic E-state index is 10.9. The third-order valence-corrected chi connectivity index (χ3v) is 2.82. The Balaban J connectivity index is 2.34. The van der Waals surface area contributed by atoms with E-state index in [4.69, 9.17) is 10.6 Å². The van der Waals surface area contributed by atoms with Gasteiger partial charge in [0, 0.05) is 18.6 Å². The molecule has 0 aromatic heterocycles. The van der Waals surface area contributed by atoms with Crippen molar-refractivity contribution in [2.45, 2.75) is 31.8 Å². The molecule has 2 atom stereocenters. The smallest absolute Gasteiger partial charge is 0.231 e. The van der Waals surface area contributed by atoms with Crippen LogP contribution in [0.15, 0.2) is 12.7 Å². The molecule has 1 aliphatic heterocycles. The van der Waals surface area contributed by atoms with Gasteiger partial charge in [-0.2, -0.15) is 5.48 Å². The predicted octanol–water partition coefficient (Wildman–Crippen LogP) is 0.0318. The van der Waals surface area contributed by atoms with Gasteiger partial charge >= 0.3 is 0 Å². The highest BCUT2D eigenvalue weighted by Crippen LogP contribution is 2.16. The number of hydroxylamine groups is 1. The van der Waals surface area contributed by atoms with Crippen molar-refractivity contribution in [1.82, 2.24) is 10.4 Å². The summed E-state index contributed by atoms with van der Waals surface area (Å²) in [5, 5.41) is 0. The van der Waals surface area contributed by atoms with Crippen LogP contribution in [0.1, 0.15) is 19.8 Å². The first-order valence-corrected chi connectivity index (χ1v) is 5.64. The number of nitrogens with one attached hydrogen (secondary N) is 1. The summed E-state index contributed by atoms with van der Waals surface area (Å²) >= 11 is 0. The van der Waals surface area contributed by atoms with E-state index in [0.717, 1.165) is 19.4 Å². The molecule has 0 unspecified atom stereocenters. The van der Waals surface area contributed by atoms with E-state index >= 15 is 0 Å². The first-order chi connectivity index (χ1) is 7.63. The average Bonchev–Trinajstić information content (AvgIpc) is 2.22. The maximum atomic E-state index is 10.9. The molecule has 1 aliphatic rings. The third kappa shape index (κ3) is 4.30. The summed E-state index contributed by atoms with van der Waals surface area (Å²) in [7, 11) is 0. The van der Waals surface area contributed by atoms with Gasteiger partial charge in [0.1, 0.15) is 0 Å². The Morgan fingerprint density at radius 3 is 3.06 bits per heavy atom. The first kappa shape index (κ1) is 13.2. The summed E-state index contributed by atoms with van der Waals surface area (Å²) in [6.45, 7) is 7.29. The zero-order chi connectivity index (χ0) is 12.0. The quantitative estimate of drug-likeness (QED) is 0.382. The van der Waals surface area contributed by atoms with E-state index in [9.17, 15) is 4.79 Å². The molecule has 0 saturated carbocycles. The van der Waals surface area contributed by atoms with Gasteiger partial charge < -0.3 is 5.73 Å². The molecule has 92 valence electrons. The Kier molecular flexibility index (Phi) is 5.45. The van der Waals surface area contributed by atoms with Gasteiger partial charge in [-0.3, -0.25) is 14.5 Å². The van der Waals surface area contributed by atoms with E-state index in [1.54, 1.807) is 6.08 Å². The van der Waals surface area contributed by atoms with Gasteiger partial charge in [0.25, 0.3) is 0 Å². The van der Waals surface area contributed by atoms with Gasteiger partial charge in [-0.25, -0.2) is 0 Å². The topological polar surface area (TPSA) is 67.6 Å². The number of nitrogens with two attached hydrogens (primary N) is 1. The number of nitrogens with zero attached hydrogens (tertiary/aromatic N) is 1. The summed E-state index contributed by atoms with van der Waals surface area (Å²) in [6.07, 6.45) is 3.79. The van der Waals surface area contributed by atoms with Crippen molar-refractivity contribution in [2.24, 2.45) is 5.73 Å². The van der Waals surface area contributed by atoms with Crippen LogP contribution in [-0.2, 0) is 9.63 Å². The van der Waals surface area contributed by atoms with Crippen molar-refractivity contribution in [2.75, 3.05) is 19.7 Å². The lowest BCUT2D eigenvalue weighted by Gasteiger charge is -2.37. The molecular formula is C11H21N3O2. The highest BCUT2D eigenvalue weighted by atomic mass is 16.6. The van der Waals surface area contributed by atoms with Gasteiger partial charge in [0.2, 0.25) is 5.91 Å². The third-order valence-electron chi connectivity index (χ3n) is 2.82. The minimum Gasteiger partial charge on any atom is -0.369 e. The van der Waals surface area contributed by atoms with E-state index in [0.29, 0.717) is 19.2 Å². The van der Waals surface area contributed by atoms with Crippen molar-refractivity contribution < 1.29 is 9.63 Å². The first-order valence-electron chi connectivity index (χ1n) is 5.64. The fraction of sp³-hybridized carbons (Fsp3) is 0.727. The molecule has 1 saturated heterocycles. The lowest BCUT2D eigenvalue weighted by molar-refractivity contribution is -0.120. The van der Waals surface area contributed by atoms with Gasteiger partial charge in [-0.15, -0.1) is 6.58 Å². The van der Waals surface area contributed by atoms with E-state index in [1.807, 2.05) is 0 Å². The van der Waals surface area contributed by atoms with Crippen molar-refractivity contribution in [3.63, 3.8) is 0 Å². The Morgan fingerprint density at radius 1 is 1.69 bits per heavy atom. The Hall–Kier alpha value is -0.910. The second-order valence-corrected chi connectivity index (χ2v) is 4.24. The summed E-state index contributed by atoms with van der Waals surface area (Å²) < 4.78 is 0. The molecule has 5 heteroatoms. The van der Waals surface area contributed by atoms with Crippen LogP contribution in [0.2, 0.25) is 0 Å². The zero-order valence-electron chi connectivity index (χ0n) is 9.82. The van der Waals surface area contributed by atoms with Crippen LogP contribution in [0.4, 0.5) is 0 Å². The summed E-state index contributed by atoms with van der Waals surface area (Å²) in [6, 6.07) is 0.667. The van der Waals surface area contributed by atoms with Crippen molar-refractivity contribution in [1.29, 1.82) is 0 Å². The number of piperidine rings is 1. The minimum atomic E-state index is -0.278. The summed E-state index contributed by atoms with van der Waals surface area (Å²) in [5.74, 6) is -0.278. The monoisotopic (exact) mass is 227 g/mol. The molecule has 5 nitrogen and oxygen atoms in total. The Labute approximate surface area is 96.6 Å². The molecular weight excluding hydrogens is 206 g/mol. The van der Waals surface area contributed by atoms with Crippen LogP contribution in [0.5, 0.6) is 0 Å². The molecule has 1 amide bonds. The predicted molar refractivity (Wildman–Crippen MR) is 62.5 cm³/mol. The Bertz CT molecular complexity index is 245. The molecule has 0 aliphatic carbocycles. The largest absolute Gasteiger partial charge is 0.369 e. The van der Waals surface area contributed by atoms with Crippen molar-refractivity contribution in [3.05, 3.63) is 12.7 Å². The number of likely N-dealkylation sites (tertiary alicyclic amines) is 1. The minimum absolute atomic E-state index is 0.260. The number of amides is 1. The second kappa shape index (κ2) is 6.62. The standard InChI is InChI=1S/C11H21N3O2/c1-3-6-16-13-10-5-4-9(2)14(7-10)8-11(12)15/h3,9-10,13H,1,4-8H2,2H3,(H2,12,15)/t9-,10-/m1/s1. The van der Waals surface area contributed by atoms with E-state index in [-0.39, 0.29) is 11.9 Å². The van der Waals surface area contributed by atoms with E-state index in [2.05, 4.69) is 23.9 Å². The maximum Gasteiger partial charge on any atom is 0.231 e. The lowest BCUT2D eigenvalue weighted by atomic mass is 10.00. The molecule has 1 heterocycles. The van der Waals surface area contributed by atoms with E-state index < -0.39 is 0 Å². The lowest BCUT2D eigenvalue weighted by Crippen LogP contribution is -2.51. The molecule has 1 fully saturated rings. The van der Waals surface area contributed by atoms with Gasteiger partial charge in [0.15, 0.2) is 0 Å². The molecule has 0 bridgehead atoms. The second-order valence-electron chi connectivity index (χ2n) is 4.24. The van der Waals surface area contributed by atoms with Crippen LogP contribution >= 0.6 is 0 Å². The van der Waals surface area contributed by atoms with Crippen molar-refractivity contribution >= 4 is 5.91 Å². The highest BCUT2D eigenvalue weighted by Gasteiger charge is 2.26. The molecule has 0 aromatic carbocycles. The molecule has 16 heavy (non-hydrogen) atoms. The molecule has 0 radical (unpaired) electrons. The van der Waals surface area contributed by atoms with E-state index in [1.165, 1.54) is 0 Å². The highest BCUT2D eigenvalue weighted by molar-refractivity contribution is 5.75. The Morgan fingerprint density at radius 2 is 2.44 bits per heavy atom. The SMILES string of the molecule is C=CCON[C@@H]1CC[C@@H](C)N(CC(N)=O)C1. The van der Waals surface area contributed by atoms with Gasteiger partial charge in [-0.05, 0) is 19.8 Å². The fourth-order valence-corrected chi connectivity index (χ4v) is 1.92. The van der Waals surface area contributed by atoms with Crippen molar-refractivity contribution in [3.8, 4) is 0 Å². The number of carbonyl (C=O) groups excluding carboxylic acids is 1. The van der Waals surface area contributed by atoms with Crippen LogP contribution in [0.3, 0.4) is 0 Å². The average molecular weight is 227 g/mol. The van der Waals surface area contributed by atoms with Gasteiger partial charge in [0.05, 0.1) is 13.2 Å². The molecule has 3 N–H and O–H groups in total. The number of hydrogen-bond donors (Lipinski definition) is 2. The number of primary amides is 1. The summed E-state index contributed by atoms with van der Waals surface area (Å²) in [5.41, 5.74) is 8.19. The molecule has 1 rings (SSSR count). The van der Waals surface area contributed by atoms with Crippen LogP contribution in [0.25, 0.3) is 0 Å². The summed E-state index contributed by atoms with van der Waals surface area (Å²) in [4.78, 5) is 18.2.